The first-order valence-corrected chi connectivity index (χ1v) is 5.26. The van der Waals surface area contributed by atoms with Gasteiger partial charge in [-0.15, -0.1) is 0 Å². The topological polar surface area (TPSA) is 12.0 Å². The maximum absolute atomic E-state index is 13.7. The van der Waals surface area contributed by atoms with Crippen LogP contribution in [0, 0.1) is 5.82 Å². The van der Waals surface area contributed by atoms with Crippen LogP contribution in [0.1, 0.15) is 31.4 Å². The van der Waals surface area contributed by atoms with Crippen LogP contribution in [0.25, 0.3) is 0 Å². The molecule has 14 heavy (non-hydrogen) atoms. The second kappa shape index (κ2) is 5.76. The molecule has 1 rings (SSSR count). The number of hydrogen-bond acceptors (Lipinski definition) is 1. The second-order valence-corrected chi connectivity index (χ2v) is 3.42. The average molecular weight is 195 g/mol. The zero-order valence-electron chi connectivity index (χ0n) is 8.94. The van der Waals surface area contributed by atoms with Crippen molar-refractivity contribution in [2.45, 2.75) is 33.2 Å². The highest BCUT2D eigenvalue weighted by atomic mass is 19.1. The smallest absolute Gasteiger partial charge is 0.130 e. The van der Waals surface area contributed by atoms with Gasteiger partial charge in [0.25, 0.3) is 0 Å². The summed E-state index contributed by atoms with van der Waals surface area (Å²) < 4.78 is 13.7. The summed E-state index contributed by atoms with van der Waals surface area (Å²) in [7, 11) is 0. The van der Waals surface area contributed by atoms with Gasteiger partial charge in [-0.05, 0) is 24.9 Å². The third-order valence-electron chi connectivity index (χ3n) is 2.28. The summed E-state index contributed by atoms with van der Waals surface area (Å²) in [6.45, 7) is 5.65. The molecule has 1 aromatic rings. The fourth-order valence-corrected chi connectivity index (χ4v) is 1.44. The largest absolute Gasteiger partial charge is 0.313 e. The summed E-state index contributed by atoms with van der Waals surface area (Å²) in [6, 6.07) is 5.61. The minimum absolute atomic E-state index is 0.0430. The lowest BCUT2D eigenvalue weighted by Gasteiger charge is -2.07. The van der Waals surface area contributed by atoms with Gasteiger partial charge in [0.05, 0.1) is 0 Å². The lowest BCUT2D eigenvalue weighted by atomic mass is 10.1. The van der Waals surface area contributed by atoms with Gasteiger partial charge in [0, 0.05) is 12.1 Å². The Morgan fingerprint density at radius 2 is 1.93 bits per heavy atom. The van der Waals surface area contributed by atoms with E-state index in [-0.39, 0.29) is 5.82 Å². The Balaban J connectivity index is 2.66. The predicted octanol–water partition coefficient (Wildman–Crippen LogP) is 2.89. The molecular weight excluding hydrogens is 177 g/mol. The van der Waals surface area contributed by atoms with Crippen molar-refractivity contribution in [1.29, 1.82) is 0 Å². The molecule has 1 aromatic carbocycles. The standard InChI is InChI=1S/C12H18FN/c1-3-8-14-9-11-7-5-6-10(4-2)12(11)13/h5-7,14H,3-4,8-9H2,1-2H3. The Morgan fingerprint density at radius 1 is 1.21 bits per heavy atom. The van der Waals surface area contributed by atoms with Crippen molar-refractivity contribution in [2.75, 3.05) is 6.54 Å². The fraction of sp³-hybridized carbons (Fsp3) is 0.500. The Labute approximate surface area is 85.3 Å². The number of halogens is 1. The van der Waals surface area contributed by atoms with E-state index < -0.39 is 0 Å². The van der Waals surface area contributed by atoms with Crippen LogP contribution in [-0.2, 0) is 13.0 Å². The highest BCUT2D eigenvalue weighted by Crippen LogP contribution is 2.13. The van der Waals surface area contributed by atoms with Crippen molar-refractivity contribution in [1.82, 2.24) is 5.32 Å². The van der Waals surface area contributed by atoms with Gasteiger partial charge in [0.15, 0.2) is 0 Å². The first-order valence-electron chi connectivity index (χ1n) is 5.26. The van der Waals surface area contributed by atoms with Gasteiger partial charge in [-0.25, -0.2) is 4.39 Å². The molecule has 1 N–H and O–H groups in total. The van der Waals surface area contributed by atoms with E-state index in [0.717, 1.165) is 30.5 Å². The Kier molecular flexibility index (Phi) is 4.60. The number of nitrogens with one attached hydrogen (secondary N) is 1. The van der Waals surface area contributed by atoms with Crippen molar-refractivity contribution in [3.63, 3.8) is 0 Å². The number of benzene rings is 1. The normalized spacial score (nSPS) is 10.5. The molecule has 0 heterocycles. The summed E-state index contributed by atoms with van der Waals surface area (Å²) >= 11 is 0. The first kappa shape index (κ1) is 11.2. The molecule has 0 aliphatic carbocycles. The van der Waals surface area contributed by atoms with Crippen molar-refractivity contribution >= 4 is 0 Å². The molecule has 0 spiro atoms. The molecule has 0 bridgehead atoms. The summed E-state index contributed by atoms with van der Waals surface area (Å²) in [5.74, 6) is -0.0430. The summed E-state index contributed by atoms with van der Waals surface area (Å²) in [5.41, 5.74) is 1.58. The molecule has 78 valence electrons. The van der Waals surface area contributed by atoms with Crippen LogP contribution in [-0.4, -0.2) is 6.54 Å². The van der Waals surface area contributed by atoms with Crippen LogP contribution in [0.2, 0.25) is 0 Å². The molecule has 0 aromatic heterocycles. The predicted molar refractivity (Wildman–Crippen MR) is 57.8 cm³/mol. The molecule has 0 aliphatic rings. The summed E-state index contributed by atoms with van der Waals surface area (Å²) in [4.78, 5) is 0. The molecule has 0 radical (unpaired) electrons. The van der Waals surface area contributed by atoms with Crippen LogP contribution in [0.5, 0.6) is 0 Å². The molecule has 2 heteroatoms. The van der Waals surface area contributed by atoms with Crippen LogP contribution >= 0.6 is 0 Å². The molecule has 0 aliphatic heterocycles. The van der Waals surface area contributed by atoms with Crippen molar-refractivity contribution in [2.24, 2.45) is 0 Å². The number of rotatable bonds is 5. The zero-order chi connectivity index (χ0) is 10.4. The molecule has 0 amide bonds. The van der Waals surface area contributed by atoms with E-state index >= 15 is 0 Å². The molecule has 0 atom stereocenters. The second-order valence-electron chi connectivity index (χ2n) is 3.42. The average Bonchev–Trinajstić information content (AvgIpc) is 2.21. The van der Waals surface area contributed by atoms with Gasteiger partial charge in [-0.3, -0.25) is 0 Å². The number of aryl methyl sites for hydroxylation is 1. The molecule has 0 saturated heterocycles. The Morgan fingerprint density at radius 3 is 2.57 bits per heavy atom. The first-order chi connectivity index (χ1) is 6.79. The van der Waals surface area contributed by atoms with Crippen molar-refractivity contribution in [3.8, 4) is 0 Å². The molecular formula is C12H18FN. The van der Waals surface area contributed by atoms with Gasteiger partial charge in [-0.2, -0.15) is 0 Å². The summed E-state index contributed by atoms with van der Waals surface area (Å²) in [6.07, 6.45) is 1.84. The van der Waals surface area contributed by atoms with Crippen molar-refractivity contribution < 1.29 is 4.39 Å². The molecule has 0 unspecified atom stereocenters. The van der Waals surface area contributed by atoms with Gasteiger partial charge in [0.2, 0.25) is 0 Å². The molecule has 0 saturated carbocycles. The van der Waals surface area contributed by atoms with Gasteiger partial charge < -0.3 is 5.32 Å². The maximum atomic E-state index is 13.7. The van der Waals surface area contributed by atoms with Crippen LogP contribution in [0.3, 0.4) is 0 Å². The minimum Gasteiger partial charge on any atom is -0.313 e. The SMILES string of the molecule is CCCNCc1cccc(CC)c1F. The Hall–Kier alpha value is -0.890. The maximum Gasteiger partial charge on any atom is 0.130 e. The van der Waals surface area contributed by atoms with Crippen LogP contribution in [0.4, 0.5) is 4.39 Å². The molecule has 1 nitrogen and oxygen atoms in total. The zero-order valence-corrected chi connectivity index (χ0v) is 8.94. The monoisotopic (exact) mass is 195 g/mol. The van der Waals surface area contributed by atoms with Crippen molar-refractivity contribution in [3.05, 3.63) is 35.1 Å². The van der Waals surface area contributed by atoms with Gasteiger partial charge in [0.1, 0.15) is 5.82 Å². The van der Waals surface area contributed by atoms with E-state index in [1.807, 2.05) is 25.1 Å². The quantitative estimate of drug-likeness (QED) is 0.712. The lowest BCUT2D eigenvalue weighted by molar-refractivity contribution is 0.575. The molecule has 0 fully saturated rings. The van der Waals surface area contributed by atoms with E-state index in [0.29, 0.717) is 6.54 Å². The van der Waals surface area contributed by atoms with Gasteiger partial charge >= 0.3 is 0 Å². The van der Waals surface area contributed by atoms with E-state index in [4.69, 9.17) is 0 Å². The highest BCUT2D eigenvalue weighted by Gasteiger charge is 2.04. The fourth-order valence-electron chi connectivity index (χ4n) is 1.44. The van der Waals surface area contributed by atoms with E-state index in [1.54, 1.807) is 0 Å². The highest BCUT2D eigenvalue weighted by molar-refractivity contribution is 5.25. The van der Waals surface area contributed by atoms with Crippen LogP contribution < -0.4 is 5.32 Å². The summed E-state index contributed by atoms with van der Waals surface area (Å²) in [5, 5.41) is 3.20. The Bertz CT molecular complexity index is 284. The third kappa shape index (κ3) is 2.81. The van der Waals surface area contributed by atoms with E-state index in [2.05, 4.69) is 12.2 Å². The lowest BCUT2D eigenvalue weighted by Crippen LogP contribution is -2.15. The number of hydrogen-bond donors (Lipinski definition) is 1. The third-order valence-corrected chi connectivity index (χ3v) is 2.28. The van der Waals surface area contributed by atoms with E-state index in [9.17, 15) is 4.39 Å². The van der Waals surface area contributed by atoms with Gasteiger partial charge in [-0.1, -0.05) is 32.0 Å². The minimum atomic E-state index is -0.0430. The van der Waals surface area contributed by atoms with E-state index in [1.165, 1.54) is 0 Å². The van der Waals surface area contributed by atoms with Crippen LogP contribution in [0.15, 0.2) is 18.2 Å².